The fraction of sp³-hybridized carbons (Fsp3) is 0.409. The van der Waals surface area contributed by atoms with E-state index in [1.165, 1.54) is 28.6 Å². The highest BCUT2D eigenvalue weighted by Crippen LogP contribution is 2.34. The number of hydrogen-bond donors (Lipinski definition) is 5. The summed E-state index contributed by atoms with van der Waals surface area (Å²) in [4.78, 5) is 19.7. The van der Waals surface area contributed by atoms with Crippen LogP contribution in [0.2, 0.25) is 0 Å². The third-order valence-corrected chi connectivity index (χ3v) is 6.67. The number of nitrogens with one attached hydrogen (secondary N) is 2. The number of likely N-dealkylation sites (N-methyl/N-ethyl adjacent to an activating group) is 1. The van der Waals surface area contributed by atoms with Crippen molar-refractivity contribution in [1.29, 1.82) is 0 Å². The normalized spacial score (nSPS) is 14.9. The SMILES string of the molecule is CN(C)CC/[N+](N)=C(/NN)Sc1ccc(N)cc1C(=O)Nc1ncc(C2CCCC2)cc1F. The highest BCUT2D eigenvalue weighted by Gasteiger charge is 2.22. The Labute approximate surface area is 197 Å². The summed E-state index contributed by atoms with van der Waals surface area (Å²) in [5.74, 6) is 10.9. The predicted octanol–water partition coefficient (Wildman–Crippen LogP) is 2.07. The van der Waals surface area contributed by atoms with Crippen molar-refractivity contribution in [3.8, 4) is 0 Å². The minimum atomic E-state index is -0.557. The number of rotatable bonds is 7. The molecule has 3 rings (SSSR count). The summed E-state index contributed by atoms with van der Waals surface area (Å²) in [6, 6.07) is 6.36. The monoisotopic (exact) mass is 475 g/mol. The van der Waals surface area contributed by atoms with Gasteiger partial charge in [0.15, 0.2) is 11.6 Å². The number of hydrogen-bond acceptors (Lipinski definition) is 7. The van der Waals surface area contributed by atoms with Crippen molar-refractivity contribution in [2.45, 2.75) is 36.5 Å². The van der Waals surface area contributed by atoms with Gasteiger partial charge in [-0.05, 0) is 62.7 Å². The van der Waals surface area contributed by atoms with E-state index in [9.17, 15) is 9.18 Å². The number of nitrogen functional groups attached to an aromatic ring is 1. The number of nitrogens with two attached hydrogens (primary N) is 3. The maximum absolute atomic E-state index is 14.7. The molecule has 0 spiro atoms. The van der Waals surface area contributed by atoms with Crippen LogP contribution in [-0.2, 0) is 0 Å². The van der Waals surface area contributed by atoms with Crippen molar-refractivity contribution in [3.05, 3.63) is 47.4 Å². The number of nitrogens with zero attached hydrogens (tertiary/aromatic N) is 3. The molecule has 1 aliphatic carbocycles. The van der Waals surface area contributed by atoms with Gasteiger partial charge in [-0.2, -0.15) is 16.0 Å². The minimum absolute atomic E-state index is 0.118. The minimum Gasteiger partial charge on any atom is -0.399 e. The summed E-state index contributed by atoms with van der Waals surface area (Å²) in [5, 5.41) is 3.01. The second-order valence-corrected chi connectivity index (χ2v) is 9.37. The standard InChI is InChI=1S/C22H31FN8OS/c1-30(2)9-10-31(26)22(29-25)33-19-8-7-16(24)12-17(19)21(32)28-20-18(23)11-15(13-27-20)14-5-3-4-6-14/h7-8,11-14H,3-6,9-10,24-26H2,1-2H3,(H,27,28,32)/p+1. The first-order valence-electron chi connectivity index (χ1n) is 10.8. The molecule has 1 fully saturated rings. The lowest BCUT2D eigenvalue weighted by molar-refractivity contribution is -0.538. The number of pyridine rings is 1. The van der Waals surface area contributed by atoms with Gasteiger partial charge in [0.05, 0.1) is 5.56 Å². The van der Waals surface area contributed by atoms with E-state index in [1.807, 2.05) is 19.0 Å². The molecule has 1 heterocycles. The third kappa shape index (κ3) is 6.56. The number of hydrazone groups is 1. The Morgan fingerprint density at radius 1 is 1.30 bits per heavy atom. The first-order chi connectivity index (χ1) is 15.8. The second-order valence-electron chi connectivity index (χ2n) is 8.34. The number of halogens is 1. The van der Waals surface area contributed by atoms with Crippen LogP contribution < -0.4 is 28.2 Å². The van der Waals surface area contributed by atoms with Crippen molar-refractivity contribution in [2.24, 2.45) is 11.7 Å². The fourth-order valence-corrected chi connectivity index (χ4v) is 4.57. The van der Waals surface area contributed by atoms with Crippen molar-refractivity contribution < 1.29 is 13.9 Å². The van der Waals surface area contributed by atoms with Gasteiger partial charge in [0, 0.05) is 35.1 Å². The molecule has 33 heavy (non-hydrogen) atoms. The smallest absolute Gasteiger partial charge is 0.352 e. The molecule has 0 aliphatic heterocycles. The summed E-state index contributed by atoms with van der Waals surface area (Å²) in [5.41, 5.74) is 10.0. The van der Waals surface area contributed by atoms with Crippen molar-refractivity contribution in [3.63, 3.8) is 0 Å². The molecular formula is C22H32FN8OS+. The molecule has 11 heteroatoms. The van der Waals surface area contributed by atoms with Crippen LogP contribution in [0.3, 0.4) is 0 Å². The van der Waals surface area contributed by atoms with Crippen LogP contribution in [0, 0.1) is 5.82 Å². The highest BCUT2D eigenvalue weighted by atomic mass is 32.2. The van der Waals surface area contributed by atoms with E-state index < -0.39 is 11.7 Å². The van der Waals surface area contributed by atoms with Crippen LogP contribution in [0.5, 0.6) is 0 Å². The van der Waals surface area contributed by atoms with Crippen LogP contribution >= 0.6 is 11.8 Å². The van der Waals surface area contributed by atoms with Crippen molar-refractivity contribution >= 4 is 34.3 Å². The van der Waals surface area contributed by atoms with E-state index >= 15 is 0 Å². The van der Waals surface area contributed by atoms with E-state index in [2.05, 4.69) is 15.7 Å². The van der Waals surface area contributed by atoms with Crippen LogP contribution in [0.25, 0.3) is 0 Å². The van der Waals surface area contributed by atoms with Gasteiger partial charge in [0.25, 0.3) is 5.91 Å². The van der Waals surface area contributed by atoms with E-state index in [1.54, 1.807) is 18.3 Å². The Morgan fingerprint density at radius 3 is 2.67 bits per heavy atom. The first-order valence-corrected chi connectivity index (χ1v) is 11.6. The number of hydrazine groups is 2. The molecular weight excluding hydrogens is 443 g/mol. The molecule has 9 nitrogen and oxygen atoms in total. The molecule has 0 saturated heterocycles. The number of carbonyl (C=O) groups is 1. The molecule has 1 aromatic carbocycles. The van der Waals surface area contributed by atoms with Gasteiger partial charge in [-0.15, -0.1) is 0 Å². The van der Waals surface area contributed by atoms with Crippen molar-refractivity contribution in [1.82, 2.24) is 15.3 Å². The van der Waals surface area contributed by atoms with E-state index in [-0.39, 0.29) is 11.4 Å². The molecule has 2 aromatic rings. The Bertz CT molecular complexity index is 1020. The lowest BCUT2D eigenvalue weighted by atomic mass is 9.99. The summed E-state index contributed by atoms with van der Waals surface area (Å²) in [7, 11) is 3.87. The van der Waals surface area contributed by atoms with Crippen LogP contribution in [-0.4, -0.2) is 52.8 Å². The van der Waals surface area contributed by atoms with E-state index in [0.717, 1.165) is 31.2 Å². The maximum Gasteiger partial charge on any atom is 0.352 e. The summed E-state index contributed by atoms with van der Waals surface area (Å²) in [6.45, 7) is 1.22. The van der Waals surface area contributed by atoms with E-state index in [4.69, 9.17) is 17.4 Å². The Morgan fingerprint density at radius 2 is 2.03 bits per heavy atom. The topological polar surface area (TPSA) is 138 Å². The number of benzene rings is 1. The van der Waals surface area contributed by atoms with Gasteiger partial charge in [-0.25, -0.2) is 9.37 Å². The fourth-order valence-electron chi connectivity index (χ4n) is 3.70. The summed E-state index contributed by atoms with van der Waals surface area (Å²) >= 11 is 1.18. The molecule has 0 bridgehead atoms. The number of amidine groups is 1. The molecule has 0 atom stereocenters. The number of thioether (sulfide) groups is 1. The number of aromatic nitrogens is 1. The zero-order valence-electron chi connectivity index (χ0n) is 19.0. The van der Waals surface area contributed by atoms with E-state index in [0.29, 0.717) is 34.8 Å². The van der Waals surface area contributed by atoms with Gasteiger partial charge in [0.2, 0.25) is 0 Å². The van der Waals surface area contributed by atoms with Gasteiger partial charge < -0.3 is 16.0 Å². The summed E-state index contributed by atoms with van der Waals surface area (Å²) in [6.07, 6.45) is 6.01. The molecule has 1 aromatic heterocycles. The highest BCUT2D eigenvalue weighted by molar-refractivity contribution is 8.13. The molecule has 178 valence electrons. The number of amides is 1. The Hall–Kier alpha value is -2.89. The third-order valence-electron chi connectivity index (χ3n) is 5.55. The van der Waals surface area contributed by atoms with Crippen LogP contribution in [0.1, 0.15) is 47.5 Å². The average Bonchev–Trinajstić information content (AvgIpc) is 3.32. The Kier molecular flexibility index (Phi) is 8.48. The Balaban J connectivity index is 1.80. The van der Waals surface area contributed by atoms with Gasteiger partial charge >= 0.3 is 5.17 Å². The predicted molar refractivity (Wildman–Crippen MR) is 130 cm³/mol. The zero-order chi connectivity index (χ0) is 24.0. The maximum atomic E-state index is 14.7. The van der Waals surface area contributed by atoms with Gasteiger partial charge in [0.1, 0.15) is 6.54 Å². The van der Waals surface area contributed by atoms with Gasteiger partial charge in [-0.1, -0.05) is 12.8 Å². The lowest BCUT2D eigenvalue weighted by Gasteiger charge is -2.13. The first kappa shape index (κ1) is 24.7. The summed E-state index contributed by atoms with van der Waals surface area (Å²) < 4.78 is 16.2. The molecule has 1 saturated carbocycles. The van der Waals surface area contributed by atoms with Crippen LogP contribution in [0.15, 0.2) is 35.4 Å². The molecule has 0 unspecified atom stereocenters. The molecule has 0 radical (unpaired) electrons. The average molecular weight is 476 g/mol. The quantitative estimate of drug-likeness (QED) is 0.0780. The van der Waals surface area contributed by atoms with Crippen LogP contribution in [0.4, 0.5) is 15.9 Å². The lowest BCUT2D eigenvalue weighted by Crippen LogP contribution is -2.41. The van der Waals surface area contributed by atoms with Crippen molar-refractivity contribution in [2.75, 3.05) is 38.2 Å². The largest absolute Gasteiger partial charge is 0.399 e. The van der Waals surface area contributed by atoms with Gasteiger partial charge in [-0.3, -0.25) is 10.6 Å². The molecule has 1 amide bonds. The second kappa shape index (κ2) is 11.3. The molecule has 1 aliphatic rings. The zero-order valence-corrected chi connectivity index (χ0v) is 19.8. The number of carbonyl (C=O) groups excluding carboxylic acids is 1. The number of anilines is 2. The molecule has 8 N–H and O–H groups in total.